The highest BCUT2D eigenvalue weighted by Crippen LogP contribution is 2.08. The van der Waals surface area contributed by atoms with Gasteiger partial charge in [0.15, 0.2) is 5.13 Å². The van der Waals surface area contributed by atoms with E-state index in [0.29, 0.717) is 0 Å². The lowest BCUT2D eigenvalue weighted by molar-refractivity contribution is -0.105. The SMILES string of the molecule is CO/N=C(\C(=O)S)c1nsc(N)n1. The summed E-state index contributed by atoms with van der Waals surface area (Å²) < 4.78 is 3.78. The molecule has 0 aromatic carbocycles. The van der Waals surface area contributed by atoms with E-state index in [1.165, 1.54) is 7.11 Å². The summed E-state index contributed by atoms with van der Waals surface area (Å²) in [5.74, 6) is 0.129. The topological polar surface area (TPSA) is 90.5 Å². The fourth-order valence-electron chi connectivity index (χ4n) is 0.598. The van der Waals surface area contributed by atoms with Gasteiger partial charge in [0.25, 0.3) is 0 Å². The van der Waals surface area contributed by atoms with Gasteiger partial charge in [0.2, 0.25) is 16.7 Å². The Kier molecular flexibility index (Phi) is 3.20. The fraction of sp³-hybridized carbons (Fsp3) is 0.200. The average molecular weight is 218 g/mol. The van der Waals surface area contributed by atoms with Gasteiger partial charge in [-0.15, -0.1) is 0 Å². The van der Waals surface area contributed by atoms with Crippen LogP contribution in [0.15, 0.2) is 5.16 Å². The van der Waals surface area contributed by atoms with Crippen molar-refractivity contribution in [3.05, 3.63) is 5.82 Å². The molecule has 0 saturated carbocycles. The van der Waals surface area contributed by atoms with Crippen LogP contribution in [-0.2, 0) is 9.63 Å². The van der Waals surface area contributed by atoms with Crippen molar-refractivity contribution in [3.63, 3.8) is 0 Å². The van der Waals surface area contributed by atoms with Crippen LogP contribution in [0.4, 0.5) is 5.13 Å². The third-order valence-electron chi connectivity index (χ3n) is 1.04. The number of rotatable bonds is 3. The summed E-state index contributed by atoms with van der Waals surface area (Å²) in [6.45, 7) is 0. The van der Waals surface area contributed by atoms with Crippen molar-refractivity contribution in [2.45, 2.75) is 0 Å². The number of nitrogens with zero attached hydrogens (tertiary/aromatic N) is 3. The third-order valence-corrected chi connectivity index (χ3v) is 1.79. The molecule has 0 amide bonds. The van der Waals surface area contributed by atoms with Crippen LogP contribution in [0.5, 0.6) is 0 Å². The first-order valence-electron chi connectivity index (χ1n) is 3.09. The van der Waals surface area contributed by atoms with E-state index in [1.807, 2.05) is 0 Å². The number of nitrogen functional groups attached to an aromatic ring is 1. The Hall–Kier alpha value is -1.15. The molecular weight excluding hydrogens is 212 g/mol. The number of carbonyl (C=O) groups excluding carboxylic acids is 1. The van der Waals surface area contributed by atoms with E-state index in [1.54, 1.807) is 0 Å². The van der Waals surface area contributed by atoms with E-state index in [9.17, 15) is 4.79 Å². The summed E-state index contributed by atoms with van der Waals surface area (Å²) >= 11 is 4.55. The number of hydrogen-bond donors (Lipinski definition) is 2. The second-order valence-corrected chi connectivity index (χ2v) is 3.07. The molecule has 1 heterocycles. The van der Waals surface area contributed by atoms with Gasteiger partial charge in [0.05, 0.1) is 0 Å². The van der Waals surface area contributed by atoms with Gasteiger partial charge in [-0.25, -0.2) is 0 Å². The van der Waals surface area contributed by atoms with Crippen LogP contribution in [0.3, 0.4) is 0 Å². The van der Waals surface area contributed by atoms with Gasteiger partial charge in [-0.2, -0.15) is 9.36 Å². The molecule has 0 aliphatic carbocycles. The molecule has 1 aromatic rings. The van der Waals surface area contributed by atoms with Crippen molar-refractivity contribution in [2.75, 3.05) is 12.8 Å². The second-order valence-electron chi connectivity index (χ2n) is 1.88. The minimum absolute atomic E-state index is 0.0567. The number of oxime groups is 1. The Morgan fingerprint density at radius 2 is 2.46 bits per heavy atom. The molecule has 0 aliphatic heterocycles. The molecule has 13 heavy (non-hydrogen) atoms. The van der Waals surface area contributed by atoms with Crippen molar-refractivity contribution >= 4 is 40.1 Å². The Balaban J connectivity index is 3.02. The zero-order valence-electron chi connectivity index (χ0n) is 6.59. The second kappa shape index (κ2) is 4.19. The van der Waals surface area contributed by atoms with E-state index < -0.39 is 5.12 Å². The molecular formula is C5H6N4O2S2. The molecule has 0 fully saturated rings. The monoisotopic (exact) mass is 218 g/mol. The molecule has 0 radical (unpaired) electrons. The van der Waals surface area contributed by atoms with E-state index in [-0.39, 0.29) is 16.7 Å². The summed E-state index contributed by atoms with van der Waals surface area (Å²) in [5.41, 5.74) is 5.27. The minimum Gasteiger partial charge on any atom is -0.398 e. The first-order chi connectivity index (χ1) is 6.15. The maximum atomic E-state index is 10.9. The normalized spacial score (nSPS) is 11.4. The van der Waals surface area contributed by atoms with Crippen LogP contribution in [0.1, 0.15) is 5.82 Å². The number of thiol groups is 1. The summed E-state index contributed by atoms with van der Waals surface area (Å²) in [5, 5.41) is 3.11. The van der Waals surface area contributed by atoms with Gasteiger partial charge in [0, 0.05) is 11.5 Å². The Morgan fingerprint density at radius 3 is 2.85 bits per heavy atom. The Bertz CT molecular complexity index is 348. The van der Waals surface area contributed by atoms with Crippen molar-refractivity contribution < 1.29 is 9.63 Å². The average Bonchev–Trinajstić information content (AvgIpc) is 2.46. The quantitative estimate of drug-likeness (QED) is 0.421. The van der Waals surface area contributed by atoms with Gasteiger partial charge in [-0.3, -0.25) is 4.79 Å². The van der Waals surface area contributed by atoms with Gasteiger partial charge in [-0.05, 0) is 0 Å². The molecule has 0 saturated heterocycles. The smallest absolute Gasteiger partial charge is 0.242 e. The lowest BCUT2D eigenvalue weighted by atomic mass is 10.4. The van der Waals surface area contributed by atoms with Gasteiger partial charge in [-0.1, -0.05) is 17.8 Å². The molecule has 0 atom stereocenters. The van der Waals surface area contributed by atoms with Crippen LogP contribution in [0, 0.1) is 0 Å². The number of hydrogen-bond acceptors (Lipinski definition) is 7. The molecule has 0 bridgehead atoms. The van der Waals surface area contributed by atoms with Gasteiger partial charge < -0.3 is 10.6 Å². The van der Waals surface area contributed by atoms with Crippen molar-refractivity contribution in [2.24, 2.45) is 5.16 Å². The Morgan fingerprint density at radius 1 is 1.77 bits per heavy atom. The number of aromatic nitrogens is 2. The highest BCUT2D eigenvalue weighted by atomic mass is 32.1. The van der Waals surface area contributed by atoms with Crippen molar-refractivity contribution in [1.29, 1.82) is 0 Å². The van der Waals surface area contributed by atoms with Crippen LogP contribution in [-0.4, -0.2) is 27.3 Å². The van der Waals surface area contributed by atoms with Crippen LogP contribution in [0.25, 0.3) is 0 Å². The predicted molar refractivity (Wildman–Crippen MR) is 51.9 cm³/mol. The first-order valence-corrected chi connectivity index (χ1v) is 4.31. The molecule has 70 valence electrons. The largest absolute Gasteiger partial charge is 0.398 e. The fourth-order valence-corrected chi connectivity index (χ4v) is 1.17. The van der Waals surface area contributed by atoms with Crippen LogP contribution in [0.2, 0.25) is 0 Å². The summed E-state index contributed by atoms with van der Waals surface area (Å²) in [6, 6.07) is 0. The van der Waals surface area contributed by atoms with E-state index in [4.69, 9.17) is 5.73 Å². The van der Waals surface area contributed by atoms with E-state index in [2.05, 4.69) is 32.0 Å². The minimum atomic E-state index is -0.570. The standard InChI is InChI=1S/C5H6N4O2S2/c1-11-8-2(4(10)12)3-7-5(6)13-9-3/h1H3,(H,10,12)(H2,6,7,9)/b8-2-. The molecule has 2 N–H and O–H groups in total. The van der Waals surface area contributed by atoms with Crippen LogP contribution < -0.4 is 5.73 Å². The highest BCUT2D eigenvalue weighted by molar-refractivity contribution is 7.99. The van der Waals surface area contributed by atoms with Crippen molar-refractivity contribution in [3.8, 4) is 0 Å². The molecule has 6 nitrogen and oxygen atoms in total. The predicted octanol–water partition coefficient (Wildman–Crippen LogP) is -0.0728. The lowest BCUT2D eigenvalue weighted by Gasteiger charge is -1.93. The number of anilines is 1. The van der Waals surface area contributed by atoms with E-state index >= 15 is 0 Å². The highest BCUT2D eigenvalue weighted by Gasteiger charge is 2.16. The maximum Gasteiger partial charge on any atom is 0.242 e. The maximum absolute atomic E-state index is 10.9. The molecule has 0 spiro atoms. The summed E-state index contributed by atoms with van der Waals surface area (Å²) in [4.78, 5) is 19.1. The van der Waals surface area contributed by atoms with Gasteiger partial charge in [0.1, 0.15) is 7.11 Å². The lowest BCUT2D eigenvalue weighted by Crippen LogP contribution is -2.12. The number of carbonyl (C=O) groups is 1. The van der Waals surface area contributed by atoms with Crippen LogP contribution >= 0.6 is 24.2 Å². The first kappa shape index (κ1) is 9.93. The number of nitrogens with two attached hydrogens (primary N) is 1. The summed E-state index contributed by atoms with van der Waals surface area (Å²) in [7, 11) is 1.31. The van der Waals surface area contributed by atoms with E-state index in [0.717, 1.165) is 11.5 Å². The summed E-state index contributed by atoms with van der Waals surface area (Å²) in [6.07, 6.45) is 0. The molecule has 1 rings (SSSR count). The molecule has 0 unspecified atom stereocenters. The van der Waals surface area contributed by atoms with Gasteiger partial charge >= 0.3 is 0 Å². The molecule has 8 heteroatoms. The Labute approximate surface area is 83.4 Å². The zero-order chi connectivity index (χ0) is 9.84. The zero-order valence-corrected chi connectivity index (χ0v) is 8.30. The molecule has 1 aromatic heterocycles. The molecule has 0 aliphatic rings. The third kappa shape index (κ3) is 2.39. The van der Waals surface area contributed by atoms with Crippen molar-refractivity contribution in [1.82, 2.24) is 9.36 Å².